The van der Waals surface area contributed by atoms with E-state index in [1.54, 1.807) is 34.5 Å². The Bertz CT molecular complexity index is 1450. The molecule has 0 aliphatic heterocycles. The van der Waals surface area contributed by atoms with Gasteiger partial charge in [0.2, 0.25) is 0 Å². The maximum Gasteiger partial charge on any atom is 0.329 e. The second-order valence-electron chi connectivity index (χ2n) is 8.64. The third kappa shape index (κ3) is 5.47. The molecule has 0 saturated carbocycles. The zero-order chi connectivity index (χ0) is 25.7. The highest BCUT2D eigenvalue weighted by molar-refractivity contribution is 7.98. The van der Waals surface area contributed by atoms with Crippen molar-refractivity contribution in [3.05, 3.63) is 82.3 Å². The van der Waals surface area contributed by atoms with Crippen molar-refractivity contribution >= 4 is 45.4 Å². The Kier molecular flexibility index (Phi) is 8.12. The molecule has 0 spiro atoms. The minimum Gasteiger partial charge on any atom is -0.481 e. The molecule has 4 rings (SSSR count). The number of amides is 1. The first kappa shape index (κ1) is 25.5. The van der Waals surface area contributed by atoms with E-state index < -0.39 is 5.97 Å². The fraction of sp³-hybridized carbons (Fsp3) is 0.296. The van der Waals surface area contributed by atoms with Gasteiger partial charge in [0.1, 0.15) is 0 Å². The van der Waals surface area contributed by atoms with Crippen LogP contribution in [-0.4, -0.2) is 55.9 Å². The molecule has 8 nitrogen and oxygen atoms in total. The Hall–Kier alpha value is -3.56. The van der Waals surface area contributed by atoms with Gasteiger partial charge in [0.15, 0.2) is 0 Å². The van der Waals surface area contributed by atoms with Gasteiger partial charge in [0.25, 0.3) is 5.91 Å². The van der Waals surface area contributed by atoms with Gasteiger partial charge in [-0.15, -0.1) is 0 Å². The van der Waals surface area contributed by atoms with E-state index in [0.29, 0.717) is 29.6 Å². The lowest BCUT2D eigenvalue weighted by Gasteiger charge is -2.16. The number of aryl methyl sites for hydroxylation is 1. The molecule has 1 aromatic heterocycles. The summed E-state index contributed by atoms with van der Waals surface area (Å²) in [5.41, 5.74) is 2.10. The summed E-state index contributed by atoms with van der Waals surface area (Å²) in [5.74, 6) is -0.558. The van der Waals surface area contributed by atoms with Gasteiger partial charge in [-0.3, -0.25) is 18.7 Å². The number of thioether (sulfide) groups is 1. The first-order chi connectivity index (χ1) is 17.4. The van der Waals surface area contributed by atoms with Crippen LogP contribution in [0, 0.1) is 0 Å². The quantitative estimate of drug-likeness (QED) is 0.287. The molecule has 0 aliphatic carbocycles. The average Bonchev–Trinajstić information content (AvgIpc) is 3.15. The van der Waals surface area contributed by atoms with Crippen molar-refractivity contribution in [1.82, 2.24) is 14.5 Å². The summed E-state index contributed by atoms with van der Waals surface area (Å²) >= 11 is 1.63. The van der Waals surface area contributed by atoms with Gasteiger partial charge >= 0.3 is 11.7 Å². The third-order valence-electron chi connectivity index (χ3n) is 6.26. The van der Waals surface area contributed by atoms with Crippen LogP contribution in [0.2, 0.25) is 0 Å². The number of carboxylic acid groups (broad SMARTS) is 1. The molecule has 0 aliphatic rings. The summed E-state index contributed by atoms with van der Waals surface area (Å²) in [7, 11) is 0. The highest BCUT2D eigenvalue weighted by Gasteiger charge is 2.19. The first-order valence-electron chi connectivity index (χ1n) is 11.7. The van der Waals surface area contributed by atoms with Crippen molar-refractivity contribution < 1.29 is 19.8 Å². The normalized spacial score (nSPS) is 12.2. The molecule has 36 heavy (non-hydrogen) atoms. The van der Waals surface area contributed by atoms with E-state index in [0.717, 1.165) is 22.1 Å². The largest absolute Gasteiger partial charge is 0.481 e. The number of aliphatic hydroxyl groups excluding tert-OH is 1. The number of rotatable bonds is 11. The van der Waals surface area contributed by atoms with Crippen molar-refractivity contribution in [2.45, 2.75) is 32.0 Å². The number of aromatic nitrogens is 2. The van der Waals surface area contributed by atoms with Crippen LogP contribution in [-0.2, 0) is 17.9 Å². The number of fused-ring (bicyclic) bond motifs is 2. The number of imidazole rings is 1. The Balaban J connectivity index is 1.75. The molecule has 0 radical (unpaired) electrons. The van der Waals surface area contributed by atoms with Crippen LogP contribution in [0.5, 0.6) is 0 Å². The van der Waals surface area contributed by atoms with E-state index in [1.165, 1.54) is 4.57 Å². The summed E-state index contributed by atoms with van der Waals surface area (Å²) in [4.78, 5) is 37.6. The van der Waals surface area contributed by atoms with Crippen molar-refractivity contribution in [1.29, 1.82) is 0 Å². The average molecular weight is 508 g/mol. The van der Waals surface area contributed by atoms with Crippen LogP contribution in [0.15, 0.2) is 65.5 Å². The second kappa shape index (κ2) is 11.5. The zero-order valence-electron chi connectivity index (χ0n) is 20.0. The number of nitrogens with one attached hydrogen (secondary N) is 1. The van der Waals surface area contributed by atoms with Gasteiger partial charge in [0, 0.05) is 12.1 Å². The maximum atomic E-state index is 13.5. The molecular weight excluding hydrogens is 478 g/mol. The zero-order valence-corrected chi connectivity index (χ0v) is 20.8. The van der Waals surface area contributed by atoms with Crippen molar-refractivity contribution in [3.8, 4) is 0 Å². The number of carbonyl (C=O) groups excluding carboxylic acids is 1. The van der Waals surface area contributed by atoms with E-state index in [4.69, 9.17) is 0 Å². The predicted octanol–water partition coefficient (Wildman–Crippen LogP) is 3.32. The Morgan fingerprint density at radius 2 is 1.81 bits per heavy atom. The highest BCUT2D eigenvalue weighted by Crippen LogP contribution is 2.22. The summed E-state index contributed by atoms with van der Waals surface area (Å²) in [6.07, 6.45) is 2.38. The fourth-order valence-electron chi connectivity index (χ4n) is 4.38. The standard InChI is InChI=1S/C27H29N3O5S/c1-36-14-12-21(17-31)28-26(34)19-9-10-23-24(15-19)29(13-11-25(32)33)27(35)30(23)16-20-7-4-6-18-5-2-3-8-22(18)20/h2-10,15,21,31H,11-14,16-17H2,1H3,(H,28,34)(H,32,33). The molecule has 3 aromatic carbocycles. The number of carbonyl (C=O) groups is 2. The van der Waals surface area contributed by atoms with Crippen molar-refractivity contribution in [3.63, 3.8) is 0 Å². The van der Waals surface area contributed by atoms with E-state index in [9.17, 15) is 24.6 Å². The van der Waals surface area contributed by atoms with Crippen LogP contribution in [0.1, 0.15) is 28.8 Å². The molecule has 9 heteroatoms. The minimum absolute atomic E-state index is 0.00867. The summed E-state index contributed by atoms with van der Waals surface area (Å²) in [6, 6.07) is 18.5. The lowest BCUT2D eigenvalue weighted by molar-refractivity contribution is -0.137. The molecule has 188 valence electrons. The molecule has 1 amide bonds. The second-order valence-corrected chi connectivity index (χ2v) is 9.63. The number of aliphatic carboxylic acids is 1. The predicted molar refractivity (Wildman–Crippen MR) is 143 cm³/mol. The highest BCUT2D eigenvalue weighted by atomic mass is 32.2. The van der Waals surface area contributed by atoms with Crippen molar-refractivity contribution in [2.24, 2.45) is 0 Å². The van der Waals surface area contributed by atoms with Crippen LogP contribution in [0.4, 0.5) is 0 Å². The van der Waals surface area contributed by atoms with Crippen LogP contribution in [0.3, 0.4) is 0 Å². The van der Waals surface area contributed by atoms with E-state index in [2.05, 4.69) is 5.32 Å². The van der Waals surface area contributed by atoms with Crippen LogP contribution >= 0.6 is 11.8 Å². The molecule has 0 saturated heterocycles. The van der Waals surface area contributed by atoms with Gasteiger partial charge in [-0.25, -0.2) is 4.79 Å². The van der Waals surface area contributed by atoms with Gasteiger partial charge in [0.05, 0.1) is 36.6 Å². The fourth-order valence-corrected chi connectivity index (χ4v) is 4.90. The number of hydrogen-bond donors (Lipinski definition) is 3. The molecule has 3 N–H and O–H groups in total. The Morgan fingerprint density at radius 3 is 2.56 bits per heavy atom. The number of nitrogens with zero attached hydrogens (tertiary/aromatic N) is 2. The third-order valence-corrected chi connectivity index (χ3v) is 6.91. The number of hydrogen-bond acceptors (Lipinski definition) is 5. The van der Waals surface area contributed by atoms with Crippen molar-refractivity contribution in [2.75, 3.05) is 18.6 Å². The lowest BCUT2D eigenvalue weighted by atomic mass is 10.0. The Labute approximate surface area is 212 Å². The van der Waals surface area contributed by atoms with Gasteiger partial charge in [-0.1, -0.05) is 42.5 Å². The summed E-state index contributed by atoms with van der Waals surface area (Å²) < 4.78 is 3.04. The molecule has 4 aromatic rings. The number of benzene rings is 3. The van der Waals surface area contributed by atoms with Gasteiger partial charge < -0.3 is 15.5 Å². The topological polar surface area (TPSA) is 114 Å². The smallest absolute Gasteiger partial charge is 0.329 e. The van der Waals surface area contributed by atoms with E-state index >= 15 is 0 Å². The Morgan fingerprint density at radius 1 is 1.03 bits per heavy atom. The van der Waals surface area contributed by atoms with E-state index in [1.807, 2.05) is 48.7 Å². The monoisotopic (exact) mass is 507 g/mol. The van der Waals surface area contributed by atoms with Gasteiger partial charge in [-0.05, 0) is 53.0 Å². The van der Waals surface area contributed by atoms with Crippen LogP contribution < -0.4 is 11.0 Å². The van der Waals surface area contributed by atoms with Crippen LogP contribution in [0.25, 0.3) is 21.8 Å². The van der Waals surface area contributed by atoms with E-state index in [-0.39, 0.29) is 37.2 Å². The first-order valence-corrected chi connectivity index (χ1v) is 13.1. The number of aliphatic hydroxyl groups is 1. The molecule has 0 fully saturated rings. The molecular formula is C27H29N3O5S. The SMILES string of the molecule is CSCCC(CO)NC(=O)c1ccc2c(c1)n(CCC(=O)O)c(=O)n2Cc1cccc2ccccc12. The summed E-state index contributed by atoms with van der Waals surface area (Å²) in [5, 5.41) is 23.8. The molecule has 0 bridgehead atoms. The lowest BCUT2D eigenvalue weighted by Crippen LogP contribution is -2.37. The molecule has 1 unspecified atom stereocenters. The molecule has 1 heterocycles. The maximum absolute atomic E-state index is 13.5. The summed E-state index contributed by atoms with van der Waals surface area (Å²) in [6.45, 7) is 0.133. The van der Waals surface area contributed by atoms with Gasteiger partial charge in [-0.2, -0.15) is 11.8 Å². The minimum atomic E-state index is -1.01. The molecule has 1 atom stereocenters. The number of carboxylic acids is 1.